The van der Waals surface area contributed by atoms with Gasteiger partial charge in [0.05, 0.1) is 11.0 Å². The van der Waals surface area contributed by atoms with E-state index in [4.69, 9.17) is 29.1 Å². The molecule has 1 unspecified atom stereocenters. The summed E-state index contributed by atoms with van der Waals surface area (Å²) in [6.45, 7) is 8.63. The zero-order valence-electron chi connectivity index (χ0n) is 26.1. The van der Waals surface area contributed by atoms with Gasteiger partial charge in [0.25, 0.3) is 5.91 Å². The molecule has 3 aromatic rings. The summed E-state index contributed by atoms with van der Waals surface area (Å²) < 4.78 is 27.8. The third-order valence-corrected chi connectivity index (χ3v) is 7.31. The number of methoxy groups -OCH3 is 1. The van der Waals surface area contributed by atoms with Crippen molar-refractivity contribution >= 4 is 28.7 Å². The molecule has 14 heteroatoms. The molecule has 1 fully saturated rings. The fourth-order valence-corrected chi connectivity index (χ4v) is 5.05. The average molecular weight is 635 g/mol. The van der Waals surface area contributed by atoms with Gasteiger partial charge in [-0.15, -0.1) is 5.75 Å². The first-order valence-electron chi connectivity index (χ1n) is 13.7. The maximum absolute atomic E-state index is 13.0. The molecule has 0 saturated carbocycles. The van der Waals surface area contributed by atoms with Crippen molar-refractivity contribution in [3.63, 3.8) is 0 Å². The van der Waals surface area contributed by atoms with Gasteiger partial charge in [0.15, 0.2) is 23.6 Å². The number of nitrogens with two attached hydrogens (primary N) is 1. The number of aryl methyl sites for hydroxylation is 1. The van der Waals surface area contributed by atoms with Gasteiger partial charge in [-0.1, -0.05) is 29.3 Å². The smallest absolute Gasteiger partial charge is 0.872 e. The number of fused-ring (bicyclic) bond motifs is 1. The van der Waals surface area contributed by atoms with E-state index in [2.05, 4.69) is 5.32 Å². The second-order valence-corrected chi connectivity index (χ2v) is 11.2. The number of carbonyl (C=O) groups is 2. The summed E-state index contributed by atoms with van der Waals surface area (Å²) in [7, 11) is 1.37. The Labute approximate surface area is 281 Å². The Morgan fingerprint density at radius 1 is 1.20 bits per heavy atom. The first-order valence-corrected chi connectivity index (χ1v) is 13.7. The number of rotatable bonds is 8. The molecular weight excluding hydrogens is 599 g/mol. The molecule has 0 spiro atoms. The second-order valence-electron chi connectivity index (χ2n) is 11.2. The summed E-state index contributed by atoms with van der Waals surface area (Å²) >= 11 is 0. The van der Waals surface area contributed by atoms with Gasteiger partial charge in [-0.25, -0.2) is 9.59 Å². The van der Waals surface area contributed by atoms with Crippen LogP contribution in [0.1, 0.15) is 49.2 Å². The largest absolute Gasteiger partial charge is 1.00 e. The van der Waals surface area contributed by atoms with Crippen molar-refractivity contribution < 1.29 is 77.8 Å². The molecule has 5 N–H and O–H groups in total. The molecule has 45 heavy (non-hydrogen) atoms. The molecule has 236 valence electrons. The Balaban J connectivity index is 0.00000552. The van der Waals surface area contributed by atoms with Gasteiger partial charge in [-0.05, 0) is 59.2 Å². The summed E-state index contributed by atoms with van der Waals surface area (Å²) in [4.78, 5) is 37.5. The van der Waals surface area contributed by atoms with E-state index < -0.39 is 59.3 Å². The Morgan fingerprint density at radius 2 is 1.89 bits per heavy atom. The average Bonchev–Trinajstić information content (AvgIpc) is 2.94. The summed E-state index contributed by atoms with van der Waals surface area (Å²) in [5.41, 5.74) is 4.31. The molecule has 0 aliphatic carbocycles. The fraction of sp³-hybridized carbons (Fsp3) is 0.387. The number of anilines is 1. The Hall–Kier alpha value is -3.59. The van der Waals surface area contributed by atoms with Gasteiger partial charge in [-0.3, -0.25) is 4.79 Å². The van der Waals surface area contributed by atoms with Crippen molar-refractivity contribution in [1.82, 2.24) is 0 Å². The number of nitrogens with one attached hydrogen (secondary N) is 1. The van der Waals surface area contributed by atoms with E-state index in [0.29, 0.717) is 12.0 Å². The van der Waals surface area contributed by atoms with Crippen LogP contribution in [0.5, 0.6) is 17.2 Å². The van der Waals surface area contributed by atoms with Gasteiger partial charge < -0.3 is 49.7 Å². The summed E-state index contributed by atoms with van der Waals surface area (Å²) in [6, 6.07) is 6.87. The van der Waals surface area contributed by atoms with Gasteiger partial charge >= 0.3 is 41.3 Å². The van der Waals surface area contributed by atoms with Crippen LogP contribution in [0.4, 0.5) is 10.5 Å². The van der Waals surface area contributed by atoms with Crippen LogP contribution in [0.3, 0.4) is 0 Å². The van der Waals surface area contributed by atoms with Crippen molar-refractivity contribution in [3.8, 4) is 17.2 Å². The van der Waals surface area contributed by atoms with Crippen molar-refractivity contribution in [2.45, 2.75) is 71.2 Å². The Bertz CT molecular complexity index is 1680. The molecule has 4 rings (SSSR count). The number of allylic oxidation sites excluding steroid dienone is 2. The third-order valence-electron chi connectivity index (χ3n) is 7.31. The number of hydrogen-bond donors (Lipinski definition) is 4. The first-order chi connectivity index (χ1) is 20.6. The number of benzene rings is 2. The van der Waals surface area contributed by atoms with Gasteiger partial charge in [-0.2, -0.15) is 0 Å². The zero-order chi connectivity index (χ0) is 32.5. The minimum atomic E-state index is -1.52. The predicted molar refractivity (Wildman–Crippen MR) is 157 cm³/mol. The molecule has 1 aromatic heterocycles. The molecule has 4 atom stereocenters. The van der Waals surface area contributed by atoms with Crippen molar-refractivity contribution in [1.29, 1.82) is 0 Å². The van der Waals surface area contributed by atoms with E-state index >= 15 is 0 Å². The first kappa shape index (κ1) is 35.9. The summed E-state index contributed by atoms with van der Waals surface area (Å²) in [6.07, 6.45) is -3.93. The van der Waals surface area contributed by atoms with Crippen LogP contribution in [-0.2, 0) is 20.6 Å². The van der Waals surface area contributed by atoms with Crippen LogP contribution in [-0.4, -0.2) is 59.5 Å². The van der Waals surface area contributed by atoms with Crippen molar-refractivity contribution in [3.05, 3.63) is 69.1 Å². The van der Waals surface area contributed by atoms with Crippen molar-refractivity contribution in [2.75, 3.05) is 12.4 Å². The number of primary amides is 1. The molecular formula is C31H35N2NaO11. The SMILES string of the molecule is CO[C@@H]1[C@@H](OC(N)=O)[C@@H](O)C(Oc2ccc3c(O)c(NC(=O)c4ccc([O-])c(CC=C(C)C)c4)c(=O)oc3c2C)OC1(C)C.[Na+]. The van der Waals surface area contributed by atoms with Gasteiger partial charge in [0, 0.05) is 18.2 Å². The molecule has 13 nitrogen and oxygen atoms in total. The summed E-state index contributed by atoms with van der Waals surface area (Å²) in [5, 5.41) is 36.6. The number of hydrogen-bond acceptors (Lipinski definition) is 11. The molecule has 1 aliphatic heterocycles. The van der Waals surface area contributed by atoms with E-state index in [-0.39, 0.29) is 63.2 Å². The van der Waals surface area contributed by atoms with Crippen LogP contribution in [0.15, 0.2) is 51.2 Å². The molecule has 2 heterocycles. The molecule has 0 radical (unpaired) electrons. The number of aromatic hydroxyl groups is 1. The Kier molecular flexibility index (Phi) is 11.3. The number of aliphatic hydroxyl groups is 1. The molecule has 1 saturated heterocycles. The van der Waals surface area contributed by atoms with Crippen LogP contribution >= 0.6 is 0 Å². The quantitative estimate of drug-likeness (QED) is 0.148. The van der Waals surface area contributed by atoms with E-state index in [1.54, 1.807) is 20.8 Å². The van der Waals surface area contributed by atoms with E-state index in [1.807, 2.05) is 19.9 Å². The number of ether oxygens (including phenoxy) is 4. The van der Waals surface area contributed by atoms with E-state index in [1.165, 1.54) is 37.4 Å². The van der Waals surface area contributed by atoms with Crippen molar-refractivity contribution in [2.24, 2.45) is 5.73 Å². The fourth-order valence-electron chi connectivity index (χ4n) is 5.05. The maximum Gasteiger partial charge on any atom is 1.00 e. The minimum absolute atomic E-state index is 0. The number of amides is 2. The van der Waals surface area contributed by atoms with E-state index in [9.17, 15) is 29.7 Å². The normalized spacial score (nSPS) is 20.5. The molecule has 2 aromatic carbocycles. The van der Waals surface area contributed by atoms with Crippen LogP contribution in [0.25, 0.3) is 11.0 Å². The minimum Gasteiger partial charge on any atom is -0.872 e. The molecule has 1 aliphatic rings. The second kappa shape index (κ2) is 14.2. The topological polar surface area (TPSA) is 203 Å². The van der Waals surface area contributed by atoms with Gasteiger partial charge in [0.1, 0.15) is 17.4 Å². The molecule has 0 bridgehead atoms. The predicted octanol–water partition coefficient (Wildman–Crippen LogP) is -0.000880. The van der Waals surface area contributed by atoms with E-state index in [0.717, 1.165) is 5.57 Å². The summed E-state index contributed by atoms with van der Waals surface area (Å²) in [5.74, 6) is -1.38. The zero-order valence-corrected chi connectivity index (χ0v) is 28.1. The van der Waals surface area contributed by atoms with Crippen LogP contribution < -0.4 is 56.1 Å². The van der Waals surface area contributed by atoms with Crippen LogP contribution in [0.2, 0.25) is 0 Å². The monoisotopic (exact) mass is 634 g/mol. The van der Waals surface area contributed by atoms with Gasteiger partial charge in [0.2, 0.25) is 6.29 Å². The van der Waals surface area contributed by atoms with Crippen LogP contribution in [0, 0.1) is 6.92 Å². The standard InChI is InChI=1S/C31H36N2O11.Na/c1-14(2)7-8-16-13-17(9-11-19(16)34)27(37)33-21-22(35)18-10-12-20(15(3)24(18)42-28(21)38)41-29-23(36)25(43-30(32)39)26(40-6)31(4,5)44-29;/h7,9-13,23,25-26,29,34-36H,8H2,1-6H3,(H2,32,39)(H,33,37);/q;+1/p-1/t23-,25+,26-,29?;/m1./s1. The maximum atomic E-state index is 13.0. The Morgan fingerprint density at radius 3 is 2.51 bits per heavy atom. The third kappa shape index (κ3) is 7.63. The number of carbonyl (C=O) groups excluding carboxylic acids is 2. The molecule has 2 amide bonds. The number of aliphatic hydroxyl groups excluding tert-OH is 1.